The van der Waals surface area contributed by atoms with Crippen LogP contribution < -0.4 is 0 Å². The quantitative estimate of drug-likeness (QED) is 0.280. The molecule has 0 N–H and O–H groups in total. The Kier molecular flexibility index (Phi) is 7.45. The summed E-state index contributed by atoms with van der Waals surface area (Å²) in [6.45, 7) is 4.44. The maximum absolute atomic E-state index is 3.40. The van der Waals surface area contributed by atoms with E-state index in [0.29, 0.717) is 0 Å². The average Bonchev–Trinajstić information content (AvgIpc) is 3.29. The van der Waals surface area contributed by atoms with Gasteiger partial charge in [-0.1, -0.05) is 86.8 Å². The number of thiophene rings is 1. The molecule has 0 aliphatic carbocycles. The van der Waals surface area contributed by atoms with Crippen LogP contribution >= 0.6 is 11.3 Å². The molecule has 0 saturated carbocycles. The van der Waals surface area contributed by atoms with Gasteiger partial charge in [0.05, 0.1) is 4.88 Å². The minimum atomic E-state index is 1.04. The van der Waals surface area contributed by atoms with Gasteiger partial charge in [0.1, 0.15) is 0 Å². The number of hydrogen-bond acceptors (Lipinski definition) is 1. The second-order valence-corrected chi connectivity index (χ2v) is 9.19. The fourth-order valence-corrected chi connectivity index (χ4v) is 4.66. The molecule has 0 nitrogen and oxygen atoms in total. The van der Waals surface area contributed by atoms with Crippen LogP contribution in [-0.4, -0.2) is 0 Å². The largest absolute Gasteiger partial charge is 0.132 e. The zero-order valence-corrected chi connectivity index (χ0v) is 19.7. The van der Waals surface area contributed by atoms with E-state index >= 15 is 0 Å². The van der Waals surface area contributed by atoms with Gasteiger partial charge in [0, 0.05) is 21.6 Å². The van der Waals surface area contributed by atoms with Crippen LogP contribution in [0.15, 0.2) is 72.8 Å². The van der Waals surface area contributed by atoms with Crippen molar-refractivity contribution in [3.63, 3.8) is 0 Å². The molecule has 4 rings (SSSR count). The molecule has 0 atom stereocenters. The molecule has 158 valence electrons. The minimum absolute atomic E-state index is 1.04. The Labute approximate surface area is 196 Å². The molecular weight excluding hydrogens is 404 g/mol. The SMILES string of the molecule is CCCCc1ccc(C#Cc2ccc(C#Cc3ccc(CCC)cc3)c3ccccc23)s1. The maximum atomic E-state index is 3.40. The van der Waals surface area contributed by atoms with Crippen LogP contribution in [0.5, 0.6) is 0 Å². The van der Waals surface area contributed by atoms with Crippen LogP contribution in [0.25, 0.3) is 10.8 Å². The highest BCUT2D eigenvalue weighted by atomic mass is 32.1. The standard InChI is InChI=1S/C31H28S/c1-3-5-9-28-22-23-29(32-28)21-20-27-19-18-26(30-10-6-7-11-31(27)30)17-16-25-14-12-24(8-4-2)13-15-25/h6-7,10-15,18-19,22-23H,3-5,8-9H2,1-2H3. The molecule has 0 aliphatic heterocycles. The minimum Gasteiger partial charge on any atom is -0.132 e. The number of benzene rings is 3. The van der Waals surface area contributed by atoms with Gasteiger partial charge < -0.3 is 0 Å². The van der Waals surface area contributed by atoms with Gasteiger partial charge in [-0.25, -0.2) is 0 Å². The molecule has 0 radical (unpaired) electrons. The Balaban J connectivity index is 1.61. The van der Waals surface area contributed by atoms with Gasteiger partial charge in [-0.15, -0.1) is 11.3 Å². The van der Waals surface area contributed by atoms with E-state index in [2.05, 4.69) is 110 Å². The van der Waals surface area contributed by atoms with E-state index in [0.717, 1.165) is 45.2 Å². The lowest BCUT2D eigenvalue weighted by Crippen LogP contribution is -1.86. The zero-order valence-electron chi connectivity index (χ0n) is 18.9. The highest BCUT2D eigenvalue weighted by Crippen LogP contribution is 2.23. The third kappa shape index (κ3) is 5.50. The van der Waals surface area contributed by atoms with Crippen molar-refractivity contribution >= 4 is 22.1 Å². The van der Waals surface area contributed by atoms with Gasteiger partial charge >= 0.3 is 0 Å². The second-order valence-electron chi connectivity index (χ2n) is 8.02. The number of aryl methyl sites for hydroxylation is 2. The molecule has 4 aromatic rings. The van der Waals surface area contributed by atoms with E-state index in [1.165, 1.54) is 29.7 Å². The van der Waals surface area contributed by atoms with Crippen molar-refractivity contribution in [3.8, 4) is 23.7 Å². The Bertz CT molecular complexity index is 1310. The number of fused-ring (bicyclic) bond motifs is 1. The fourth-order valence-electron chi connectivity index (χ4n) is 3.76. The number of rotatable bonds is 5. The Morgan fingerprint density at radius 1 is 0.625 bits per heavy atom. The van der Waals surface area contributed by atoms with Crippen molar-refractivity contribution in [2.75, 3.05) is 0 Å². The summed E-state index contributed by atoms with van der Waals surface area (Å²) in [5, 5.41) is 2.32. The molecule has 0 amide bonds. The smallest absolute Gasteiger partial charge is 0.0775 e. The first-order valence-electron chi connectivity index (χ1n) is 11.5. The third-order valence-corrected chi connectivity index (χ3v) is 6.58. The first kappa shape index (κ1) is 22.0. The van der Waals surface area contributed by atoms with E-state index < -0.39 is 0 Å². The van der Waals surface area contributed by atoms with Gasteiger partial charge in [-0.05, 0) is 72.0 Å². The summed E-state index contributed by atoms with van der Waals surface area (Å²) in [5.74, 6) is 13.5. The van der Waals surface area contributed by atoms with Crippen molar-refractivity contribution < 1.29 is 0 Å². The van der Waals surface area contributed by atoms with Gasteiger partial charge in [0.2, 0.25) is 0 Å². The van der Waals surface area contributed by atoms with Crippen LogP contribution in [0.2, 0.25) is 0 Å². The zero-order chi connectivity index (χ0) is 22.2. The molecule has 3 aromatic carbocycles. The van der Waals surface area contributed by atoms with Crippen LogP contribution in [0.1, 0.15) is 65.1 Å². The van der Waals surface area contributed by atoms with Gasteiger partial charge in [0.15, 0.2) is 0 Å². The van der Waals surface area contributed by atoms with Gasteiger partial charge in [-0.3, -0.25) is 0 Å². The first-order chi connectivity index (χ1) is 15.8. The molecule has 0 unspecified atom stereocenters. The van der Waals surface area contributed by atoms with Crippen molar-refractivity contribution in [1.82, 2.24) is 0 Å². The molecule has 1 aromatic heterocycles. The average molecular weight is 433 g/mol. The second kappa shape index (κ2) is 10.9. The lowest BCUT2D eigenvalue weighted by atomic mass is 9.99. The van der Waals surface area contributed by atoms with Gasteiger partial charge in [0.25, 0.3) is 0 Å². The predicted octanol–water partition coefficient (Wildman–Crippen LogP) is 8.00. The lowest BCUT2D eigenvalue weighted by molar-refractivity contribution is 0.804. The normalized spacial score (nSPS) is 10.3. The van der Waals surface area contributed by atoms with Crippen LogP contribution in [-0.2, 0) is 12.8 Å². The Morgan fingerprint density at radius 2 is 1.31 bits per heavy atom. The monoisotopic (exact) mass is 432 g/mol. The predicted molar refractivity (Wildman–Crippen MR) is 139 cm³/mol. The van der Waals surface area contributed by atoms with Crippen LogP contribution in [0.3, 0.4) is 0 Å². The van der Waals surface area contributed by atoms with Crippen LogP contribution in [0.4, 0.5) is 0 Å². The number of unbranched alkanes of at least 4 members (excludes halogenated alkanes) is 1. The summed E-state index contributed by atoms with van der Waals surface area (Å²) in [7, 11) is 0. The van der Waals surface area contributed by atoms with Crippen LogP contribution in [0, 0.1) is 23.7 Å². The van der Waals surface area contributed by atoms with E-state index in [-0.39, 0.29) is 0 Å². The molecule has 1 heteroatoms. The summed E-state index contributed by atoms with van der Waals surface area (Å²) >= 11 is 1.81. The van der Waals surface area contributed by atoms with Crippen molar-refractivity contribution in [2.45, 2.75) is 46.0 Å². The van der Waals surface area contributed by atoms with Gasteiger partial charge in [-0.2, -0.15) is 0 Å². The molecule has 1 heterocycles. The molecule has 0 saturated heterocycles. The first-order valence-corrected chi connectivity index (χ1v) is 12.3. The fraction of sp³-hybridized carbons (Fsp3) is 0.226. The summed E-state index contributed by atoms with van der Waals surface area (Å²) in [4.78, 5) is 2.56. The third-order valence-electron chi connectivity index (χ3n) is 5.52. The van der Waals surface area contributed by atoms with E-state index in [1.54, 1.807) is 0 Å². The number of hydrogen-bond donors (Lipinski definition) is 0. The molecule has 0 spiro atoms. The molecule has 32 heavy (non-hydrogen) atoms. The van der Waals surface area contributed by atoms with E-state index in [4.69, 9.17) is 0 Å². The van der Waals surface area contributed by atoms with E-state index in [9.17, 15) is 0 Å². The Hall–Kier alpha value is -3.26. The Morgan fingerprint density at radius 3 is 1.97 bits per heavy atom. The highest BCUT2D eigenvalue weighted by molar-refractivity contribution is 7.12. The molecule has 0 fully saturated rings. The molecular formula is C31H28S. The van der Waals surface area contributed by atoms with Crippen molar-refractivity contribution in [2.24, 2.45) is 0 Å². The summed E-state index contributed by atoms with van der Waals surface area (Å²) in [5.41, 5.74) is 4.52. The highest BCUT2D eigenvalue weighted by Gasteiger charge is 2.03. The topological polar surface area (TPSA) is 0 Å². The maximum Gasteiger partial charge on any atom is 0.0775 e. The van der Waals surface area contributed by atoms with E-state index in [1.807, 2.05) is 11.3 Å². The lowest BCUT2D eigenvalue weighted by Gasteiger charge is -2.03. The molecule has 0 aliphatic rings. The summed E-state index contributed by atoms with van der Waals surface area (Å²) < 4.78 is 0. The van der Waals surface area contributed by atoms with Crippen molar-refractivity contribution in [3.05, 3.63) is 105 Å². The summed E-state index contributed by atoms with van der Waals surface area (Å²) in [6, 6.07) is 25.6. The molecule has 0 bridgehead atoms. The van der Waals surface area contributed by atoms with Crippen molar-refractivity contribution in [1.29, 1.82) is 0 Å². The summed E-state index contributed by atoms with van der Waals surface area (Å²) in [6.07, 6.45) is 5.90.